The van der Waals surface area contributed by atoms with E-state index in [9.17, 15) is 0 Å². The molecule has 0 aliphatic carbocycles. The monoisotopic (exact) mass is 200 g/mol. The lowest BCUT2D eigenvalue weighted by Crippen LogP contribution is -2.45. The van der Waals surface area contributed by atoms with Crippen LogP contribution in [0.4, 0.5) is 0 Å². The van der Waals surface area contributed by atoms with Gasteiger partial charge in [0.25, 0.3) is 0 Å². The van der Waals surface area contributed by atoms with Gasteiger partial charge in [0.05, 0.1) is 12.7 Å². The van der Waals surface area contributed by atoms with Crippen LogP contribution < -0.4 is 5.32 Å². The van der Waals surface area contributed by atoms with Gasteiger partial charge in [-0.05, 0) is 40.3 Å². The van der Waals surface area contributed by atoms with Gasteiger partial charge in [-0.25, -0.2) is 0 Å². The smallest absolute Gasteiger partial charge is 0.0674 e. The summed E-state index contributed by atoms with van der Waals surface area (Å²) < 4.78 is 5.53. The molecule has 1 rings (SSSR count). The molecule has 1 heterocycles. The topological polar surface area (TPSA) is 24.5 Å². The van der Waals surface area contributed by atoms with E-state index >= 15 is 0 Å². The van der Waals surface area contributed by atoms with Crippen molar-refractivity contribution in [1.29, 1.82) is 0 Å². The van der Waals surface area contributed by atoms with Crippen LogP contribution in [0.25, 0.3) is 0 Å². The summed E-state index contributed by atoms with van der Waals surface area (Å²) in [5.74, 6) is 0. The minimum Gasteiger partial charge on any atom is -0.376 e. The SMILES string of the molecule is CNCCCC(C)N1CCOC(C)C1. The third-order valence-electron chi connectivity index (χ3n) is 2.94. The second kappa shape index (κ2) is 6.38. The number of morpholine rings is 1. The molecule has 84 valence electrons. The third-order valence-corrected chi connectivity index (χ3v) is 2.94. The predicted octanol–water partition coefficient (Wildman–Crippen LogP) is 1.10. The molecule has 0 aromatic carbocycles. The van der Waals surface area contributed by atoms with Crippen molar-refractivity contribution < 1.29 is 4.74 Å². The zero-order chi connectivity index (χ0) is 10.4. The van der Waals surface area contributed by atoms with E-state index in [-0.39, 0.29) is 0 Å². The van der Waals surface area contributed by atoms with Crippen LogP contribution in [0.2, 0.25) is 0 Å². The molecule has 1 N–H and O–H groups in total. The highest BCUT2D eigenvalue weighted by atomic mass is 16.5. The zero-order valence-corrected chi connectivity index (χ0v) is 9.75. The fourth-order valence-corrected chi connectivity index (χ4v) is 2.00. The average Bonchev–Trinajstić information content (AvgIpc) is 2.18. The van der Waals surface area contributed by atoms with E-state index in [1.807, 2.05) is 7.05 Å². The Hall–Kier alpha value is -0.120. The Morgan fingerprint density at radius 3 is 3.00 bits per heavy atom. The summed E-state index contributed by atoms with van der Waals surface area (Å²) in [6.45, 7) is 8.72. The highest BCUT2D eigenvalue weighted by Gasteiger charge is 2.20. The number of hydrogen-bond donors (Lipinski definition) is 1. The highest BCUT2D eigenvalue weighted by molar-refractivity contribution is 4.73. The number of nitrogens with zero attached hydrogens (tertiary/aromatic N) is 1. The molecule has 0 bridgehead atoms. The van der Waals surface area contributed by atoms with Gasteiger partial charge in [-0.15, -0.1) is 0 Å². The summed E-state index contributed by atoms with van der Waals surface area (Å²) in [5, 5.41) is 3.19. The number of nitrogens with one attached hydrogen (secondary N) is 1. The summed E-state index contributed by atoms with van der Waals surface area (Å²) in [5.41, 5.74) is 0. The van der Waals surface area contributed by atoms with Crippen LogP contribution in [0.5, 0.6) is 0 Å². The fourth-order valence-electron chi connectivity index (χ4n) is 2.00. The minimum atomic E-state index is 0.413. The van der Waals surface area contributed by atoms with Crippen LogP contribution in [0.3, 0.4) is 0 Å². The van der Waals surface area contributed by atoms with E-state index < -0.39 is 0 Å². The second-order valence-electron chi connectivity index (χ2n) is 4.27. The van der Waals surface area contributed by atoms with Gasteiger partial charge in [-0.2, -0.15) is 0 Å². The minimum absolute atomic E-state index is 0.413. The largest absolute Gasteiger partial charge is 0.376 e. The summed E-state index contributed by atoms with van der Waals surface area (Å²) in [6.07, 6.45) is 2.97. The van der Waals surface area contributed by atoms with Crippen molar-refractivity contribution in [3.05, 3.63) is 0 Å². The maximum absolute atomic E-state index is 5.53. The van der Waals surface area contributed by atoms with Gasteiger partial charge >= 0.3 is 0 Å². The fraction of sp³-hybridized carbons (Fsp3) is 1.00. The first-order valence-corrected chi connectivity index (χ1v) is 5.74. The molecule has 0 spiro atoms. The Kier molecular flexibility index (Phi) is 5.45. The Morgan fingerprint density at radius 1 is 1.57 bits per heavy atom. The number of rotatable bonds is 5. The van der Waals surface area contributed by atoms with E-state index in [1.165, 1.54) is 12.8 Å². The number of ether oxygens (including phenoxy) is 1. The van der Waals surface area contributed by atoms with Crippen LogP contribution in [0.15, 0.2) is 0 Å². The Morgan fingerprint density at radius 2 is 2.36 bits per heavy atom. The zero-order valence-electron chi connectivity index (χ0n) is 9.75. The lowest BCUT2D eigenvalue weighted by Gasteiger charge is -2.35. The first kappa shape index (κ1) is 12.0. The lowest BCUT2D eigenvalue weighted by atomic mass is 10.1. The van der Waals surface area contributed by atoms with E-state index in [2.05, 4.69) is 24.1 Å². The summed E-state index contributed by atoms with van der Waals surface area (Å²) in [6, 6.07) is 0.703. The molecule has 0 aromatic rings. The summed E-state index contributed by atoms with van der Waals surface area (Å²) in [4.78, 5) is 2.55. The normalized spacial score (nSPS) is 26.4. The molecule has 14 heavy (non-hydrogen) atoms. The summed E-state index contributed by atoms with van der Waals surface area (Å²) >= 11 is 0. The van der Waals surface area contributed by atoms with Crippen molar-refractivity contribution in [2.45, 2.75) is 38.8 Å². The van der Waals surface area contributed by atoms with Gasteiger partial charge < -0.3 is 10.1 Å². The Bertz CT molecular complexity index is 152. The van der Waals surface area contributed by atoms with Crippen molar-refractivity contribution in [3.8, 4) is 0 Å². The van der Waals surface area contributed by atoms with Crippen LogP contribution in [0.1, 0.15) is 26.7 Å². The second-order valence-corrected chi connectivity index (χ2v) is 4.27. The molecule has 2 unspecified atom stereocenters. The molecule has 0 aromatic heterocycles. The van der Waals surface area contributed by atoms with Gasteiger partial charge in [-0.1, -0.05) is 0 Å². The van der Waals surface area contributed by atoms with Gasteiger partial charge in [0.15, 0.2) is 0 Å². The molecule has 1 fully saturated rings. The number of hydrogen-bond acceptors (Lipinski definition) is 3. The maximum Gasteiger partial charge on any atom is 0.0674 e. The van der Waals surface area contributed by atoms with Gasteiger partial charge in [0.1, 0.15) is 0 Å². The van der Waals surface area contributed by atoms with Crippen LogP contribution >= 0.6 is 0 Å². The van der Waals surface area contributed by atoms with Gasteiger partial charge in [0, 0.05) is 19.1 Å². The van der Waals surface area contributed by atoms with Crippen molar-refractivity contribution in [3.63, 3.8) is 0 Å². The molecule has 3 heteroatoms. The highest BCUT2D eigenvalue weighted by Crippen LogP contribution is 2.11. The standard InChI is InChI=1S/C11H24N2O/c1-10(5-4-6-12-3)13-7-8-14-11(2)9-13/h10-12H,4-9H2,1-3H3. The van der Waals surface area contributed by atoms with Gasteiger partial charge in [-0.3, -0.25) is 4.90 Å². The molecule has 1 aliphatic heterocycles. The van der Waals surface area contributed by atoms with Crippen molar-refractivity contribution in [1.82, 2.24) is 10.2 Å². The van der Waals surface area contributed by atoms with E-state index in [0.29, 0.717) is 12.1 Å². The third kappa shape index (κ3) is 3.95. The van der Waals surface area contributed by atoms with Crippen LogP contribution in [-0.4, -0.2) is 50.3 Å². The Balaban J connectivity index is 2.18. The molecule has 1 aliphatic rings. The molecule has 2 atom stereocenters. The van der Waals surface area contributed by atoms with E-state index in [0.717, 1.165) is 26.2 Å². The van der Waals surface area contributed by atoms with E-state index in [4.69, 9.17) is 4.74 Å². The molecule has 0 saturated carbocycles. The first-order chi connectivity index (χ1) is 6.74. The van der Waals surface area contributed by atoms with Crippen molar-refractivity contribution in [2.75, 3.05) is 33.3 Å². The molecule has 3 nitrogen and oxygen atoms in total. The molecule has 0 radical (unpaired) electrons. The van der Waals surface area contributed by atoms with E-state index in [1.54, 1.807) is 0 Å². The van der Waals surface area contributed by atoms with Crippen LogP contribution in [0, 0.1) is 0 Å². The van der Waals surface area contributed by atoms with Crippen LogP contribution in [-0.2, 0) is 4.74 Å². The van der Waals surface area contributed by atoms with Gasteiger partial charge in [0.2, 0.25) is 0 Å². The summed E-state index contributed by atoms with van der Waals surface area (Å²) in [7, 11) is 2.02. The first-order valence-electron chi connectivity index (χ1n) is 5.74. The molecule has 1 saturated heterocycles. The quantitative estimate of drug-likeness (QED) is 0.673. The van der Waals surface area contributed by atoms with Crippen molar-refractivity contribution >= 4 is 0 Å². The Labute approximate surface area is 87.8 Å². The average molecular weight is 200 g/mol. The maximum atomic E-state index is 5.53. The molecule has 0 amide bonds. The van der Waals surface area contributed by atoms with Crippen molar-refractivity contribution in [2.24, 2.45) is 0 Å². The predicted molar refractivity (Wildman–Crippen MR) is 59.6 cm³/mol. The molecular formula is C11H24N2O. The molecular weight excluding hydrogens is 176 g/mol. The lowest BCUT2D eigenvalue weighted by molar-refractivity contribution is -0.0326.